The highest BCUT2D eigenvalue weighted by Gasteiger charge is 2.23. The molecule has 1 N–H and O–H groups in total. The molecule has 0 radical (unpaired) electrons. The first kappa shape index (κ1) is 14.4. The monoisotopic (exact) mass is 216 g/mol. The number of carbonyl (C=O) groups excluding carboxylic acids is 1. The number of carbonyl (C=O) groups is 1. The highest BCUT2D eigenvalue weighted by atomic mass is 16.5. The highest BCUT2D eigenvalue weighted by Crippen LogP contribution is 2.10. The van der Waals surface area contributed by atoms with E-state index >= 15 is 0 Å². The second-order valence-electron chi connectivity index (χ2n) is 3.99. The van der Waals surface area contributed by atoms with E-state index in [0.717, 1.165) is 19.5 Å². The van der Waals surface area contributed by atoms with Crippen molar-refractivity contribution in [2.75, 3.05) is 34.3 Å². The molecule has 0 saturated heterocycles. The first-order valence-electron chi connectivity index (χ1n) is 5.47. The Labute approximate surface area is 93.0 Å². The highest BCUT2D eigenvalue weighted by molar-refractivity contribution is 5.72. The van der Waals surface area contributed by atoms with Gasteiger partial charge in [-0.15, -0.1) is 0 Å². The summed E-state index contributed by atoms with van der Waals surface area (Å²) < 4.78 is 4.73. The number of rotatable bonds is 7. The normalized spacial score (nSPS) is 15.1. The third kappa shape index (κ3) is 5.14. The zero-order chi connectivity index (χ0) is 11.8. The summed E-state index contributed by atoms with van der Waals surface area (Å²) in [7, 11) is 5.42. The minimum atomic E-state index is -0.136. The van der Waals surface area contributed by atoms with Crippen molar-refractivity contribution in [3.63, 3.8) is 0 Å². The van der Waals surface area contributed by atoms with Gasteiger partial charge in [-0.1, -0.05) is 6.92 Å². The van der Waals surface area contributed by atoms with Crippen molar-refractivity contribution in [3.8, 4) is 0 Å². The predicted molar refractivity (Wildman–Crippen MR) is 61.8 cm³/mol. The molecule has 0 aromatic carbocycles. The third-order valence-corrected chi connectivity index (χ3v) is 2.93. The molecule has 0 aromatic rings. The van der Waals surface area contributed by atoms with Gasteiger partial charge in [0.15, 0.2) is 0 Å². The van der Waals surface area contributed by atoms with Gasteiger partial charge in [0.2, 0.25) is 0 Å². The van der Waals surface area contributed by atoms with Gasteiger partial charge in [-0.2, -0.15) is 0 Å². The molecule has 4 nitrogen and oxygen atoms in total. The molecule has 4 heteroatoms. The van der Waals surface area contributed by atoms with Crippen molar-refractivity contribution in [2.24, 2.45) is 5.92 Å². The van der Waals surface area contributed by atoms with E-state index in [1.165, 1.54) is 7.11 Å². The van der Waals surface area contributed by atoms with E-state index in [0.29, 0.717) is 0 Å². The fourth-order valence-electron chi connectivity index (χ4n) is 1.47. The molecule has 2 unspecified atom stereocenters. The van der Waals surface area contributed by atoms with Crippen molar-refractivity contribution in [2.45, 2.75) is 26.3 Å². The van der Waals surface area contributed by atoms with E-state index in [4.69, 9.17) is 4.74 Å². The van der Waals surface area contributed by atoms with Crippen LogP contribution in [-0.2, 0) is 9.53 Å². The SMILES string of the molecule is CNCCCN(C)C(C)C(C)C(=O)OC. The first-order valence-corrected chi connectivity index (χ1v) is 5.47. The number of hydrogen-bond donors (Lipinski definition) is 1. The van der Waals surface area contributed by atoms with Crippen LogP contribution in [0.4, 0.5) is 0 Å². The fourth-order valence-corrected chi connectivity index (χ4v) is 1.47. The third-order valence-electron chi connectivity index (χ3n) is 2.93. The Hall–Kier alpha value is -0.610. The topological polar surface area (TPSA) is 41.6 Å². The predicted octanol–water partition coefficient (Wildman–Crippen LogP) is 0.725. The summed E-state index contributed by atoms with van der Waals surface area (Å²) in [5, 5.41) is 3.11. The molecule has 0 rings (SSSR count). The summed E-state index contributed by atoms with van der Waals surface area (Å²) in [6.07, 6.45) is 1.09. The number of methoxy groups -OCH3 is 1. The van der Waals surface area contributed by atoms with E-state index in [9.17, 15) is 4.79 Å². The van der Waals surface area contributed by atoms with E-state index in [1.54, 1.807) is 0 Å². The molecule has 0 saturated carbocycles. The lowest BCUT2D eigenvalue weighted by Gasteiger charge is -2.28. The summed E-state index contributed by atoms with van der Waals surface area (Å²) in [4.78, 5) is 13.5. The molecular formula is C11H24N2O2. The standard InChI is InChI=1S/C11H24N2O2/c1-9(11(14)15-5)10(2)13(4)8-6-7-12-3/h9-10,12H,6-8H2,1-5H3. The second-order valence-corrected chi connectivity index (χ2v) is 3.99. The van der Waals surface area contributed by atoms with Crippen LogP contribution in [0.2, 0.25) is 0 Å². The summed E-state index contributed by atoms with van der Waals surface area (Å²) in [5.74, 6) is -0.211. The maximum atomic E-state index is 11.3. The molecule has 0 aliphatic carbocycles. The van der Waals surface area contributed by atoms with Gasteiger partial charge in [-0.25, -0.2) is 0 Å². The van der Waals surface area contributed by atoms with Crippen LogP contribution in [0, 0.1) is 5.92 Å². The zero-order valence-corrected chi connectivity index (χ0v) is 10.5. The summed E-state index contributed by atoms with van der Waals surface area (Å²) in [5.41, 5.74) is 0. The van der Waals surface area contributed by atoms with E-state index in [-0.39, 0.29) is 17.9 Å². The zero-order valence-electron chi connectivity index (χ0n) is 10.5. The fraction of sp³-hybridized carbons (Fsp3) is 0.909. The Morgan fingerprint density at radius 3 is 2.53 bits per heavy atom. The molecule has 90 valence electrons. The Kier molecular flexibility index (Phi) is 7.34. The van der Waals surface area contributed by atoms with Crippen molar-refractivity contribution in [1.82, 2.24) is 10.2 Å². The van der Waals surface area contributed by atoms with Crippen molar-refractivity contribution in [1.29, 1.82) is 0 Å². The van der Waals surface area contributed by atoms with E-state index in [2.05, 4.69) is 17.1 Å². The average molecular weight is 216 g/mol. The van der Waals surface area contributed by atoms with Gasteiger partial charge in [-0.3, -0.25) is 4.79 Å². The smallest absolute Gasteiger partial charge is 0.309 e. The maximum absolute atomic E-state index is 11.3. The van der Waals surface area contributed by atoms with Crippen LogP contribution in [-0.4, -0.2) is 51.2 Å². The Balaban J connectivity index is 3.95. The number of ether oxygens (including phenoxy) is 1. The van der Waals surface area contributed by atoms with Crippen molar-refractivity contribution < 1.29 is 9.53 Å². The molecule has 0 aromatic heterocycles. The van der Waals surface area contributed by atoms with Gasteiger partial charge in [-0.05, 0) is 40.5 Å². The van der Waals surface area contributed by atoms with Crippen molar-refractivity contribution in [3.05, 3.63) is 0 Å². The van der Waals surface area contributed by atoms with Gasteiger partial charge in [0.1, 0.15) is 0 Å². The van der Waals surface area contributed by atoms with Gasteiger partial charge in [0.25, 0.3) is 0 Å². The first-order chi connectivity index (χ1) is 7.04. The van der Waals surface area contributed by atoms with E-state index in [1.807, 2.05) is 21.0 Å². The van der Waals surface area contributed by atoms with Crippen LogP contribution >= 0.6 is 0 Å². The summed E-state index contributed by atoms with van der Waals surface area (Å²) in [6.45, 7) is 5.96. The molecule has 0 spiro atoms. The Morgan fingerprint density at radius 2 is 2.07 bits per heavy atom. The maximum Gasteiger partial charge on any atom is 0.309 e. The van der Waals surface area contributed by atoms with E-state index < -0.39 is 0 Å². The Bertz CT molecular complexity index is 185. The van der Waals surface area contributed by atoms with Crippen LogP contribution in [0.15, 0.2) is 0 Å². The summed E-state index contributed by atoms with van der Waals surface area (Å²) in [6, 6.07) is 0.217. The van der Waals surface area contributed by atoms with Crippen LogP contribution in [0.5, 0.6) is 0 Å². The van der Waals surface area contributed by atoms with Crippen molar-refractivity contribution >= 4 is 5.97 Å². The molecule has 0 bridgehead atoms. The lowest BCUT2D eigenvalue weighted by molar-refractivity contribution is -0.146. The van der Waals surface area contributed by atoms with Crippen LogP contribution < -0.4 is 5.32 Å². The molecule has 15 heavy (non-hydrogen) atoms. The largest absolute Gasteiger partial charge is 0.469 e. The number of nitrogens with one attached hydrogen (secondary N) is 1. The molecule has 2 atom stereocenters. The van der Waals surface area contributed by atoms with Gasteiger partial charge in [0.05, 0.1) is 13.0 Å². The minimum Gasteiger partial charge on any atom is -0.469 e. The van der Waals surface area contributed by atoms with Crippen LogP contribution in [0.25, 0.3) is 0 Å². The second kappa shape index (κ2) is 7.65. The lowest BCUT2D eigenvalue weighted by atomic mass is 10.0. The minimum absolute atomic E-state index is 0.0745. The molecular weight excluding hydrogens is 192 g/mol. The molecule has 0 aliphatic rings. The lowest BCUT2D eigenvalue weighted by Crippen LogP contribution is -2.39. The molecule has 0 fully saturated rings. The van der Waals surface area contributed by atoms with Gasteiger partial charge >= 0.3 is 5.97 Å². The summed E-state index contributed by atoms with van der Waals surface area (Å²) >= 11 is 0. The average Bonchev–Trinajstić information content (AvgIpc) is 2.26. The number of nitrogens with zero attached hydrogens (tertiary/aromatic N) is 1. The molecule has 0 amide bonds. The quantitative estimate of drug-likeness (QED) is 0.503. The van der Waals surface area contributed by atoms with Gasteiger partial charge in [0, 0.05) is 6.04 Å². The number of hydrogen-bond acceptors (Lipinski definition) is 4. The number of esters is 1. The van der Waals surface area contributed by atoms with Gasteiger partial charge < -0.3 is 15.0 Å². The molecule has 0 heterocycles. The van der Waals surface area contributed by atoms with Crippen LogP contribution in [0.3, 0.4) is 0 Å². The molecule has 0 aliphatic heterocycles. The Morgan fingerprint density at radius 1 is 1.47 bits per heavy atom. The van der Waals surface area contributed by atoms with Crippen LogP contribution in [0.1, 0.15) is 20.3 Å².